The summed E-state index contributed by atoms with van der Waals surface area (Å²) >= 11 is 0. The van der Waals surface area contributed by atoms with Gasteiger partial charge >= 0.3 is 5.97 Å². The number of allylic oxidation sites excluding steroid dienone is 1. The van der Waals surface area contributed by atoms with Gasteiger partial charge in [0.05, 0.1) is 12.5 Å². The molecule has 3 fully saturated rings. The third kappa shape index (κ3) is 4.80. The van der Waals surface area contributed by atoms with Crippen molar-refractivity contribution in [2.45, 2.75) is 110 Å². The Labute approximate surface area is 219 Å². The maximum atomic E-state index is 13.3. The molecule has 3 saturated carbocycles. The SMILES string of the molecule is CC[C@H](C)NC(=O)CCC(=O)OCC(=O)[C@@]1(O)CC[C@@H]2[C@@H]3CCC4=CC(=O)CC[C@]4(C)[C@H]3[C@H](O)C[C@@]21C. The molecule has 8 heteroatoms. The first-order chi connectivity index (χ1) is 17.4. The van der Waals surface area contributed by atoms with Gasteiger partial charge in [0.1, 0.15) is 5.60 Å². The van der Waals surface area contributed by atoms with Crippen LogP contribution in [0.5, 0.6) is 0 Å². The first-order valence-corrected chi connectivity index (χ1v) is 14.0. The van der Waals surface area contributed by atoms with E-state index in [-0.39, 0.29) is 60.2 Å². The number of hydrogen-bond donors (Lipinski definition) is 3. The summed E-state index contributed by atoms with van der Waals surface area (Å²) in [5.41, 5.74) is -1.60. The number of esters is 1. The van der Waals surface area contributed by atoms with Gasteiger partial charge in [-0.05, 0) is 81.1 Å². The monoisotopic (exact) mass is 517 g/mol. The topological polar surface area (TPSA) is 130 Å². The van der Waals surface area contributed by atoms with Gasteiger partial charge in [0, 0.05) is 24.3 Å². The summed E-state index contributed by atoms with van der Waals surface area (Å²) in [4.78, 5) is 49.5. The molecule has 206 valence electrons. The molecule has 0 aromatic carbocycles. The smallest absolute Gasteiger partial charge is 0.306 e. The van der Waals surface area contributed by atoms with Gasteiger partial charge in [-0.25, -0.2) is 0 Å². The third-order valence-electron chi connectivity index (χ3n) is 10.4. The molecular weight excluding hydrogens is 474 g/mol. The number of carbonyl (C=O) groups excluding carboxylic acids is 4. The van der Waals surface area contributed by atoms with Gasteiger partial charge in [-0.3, -0.25) is 19.2 Å². The van der Waals surface area contributed by atoms with E-state index in [1.165, 1.54) is 0 Å². The maximum absolute atomic E-state index is 13.3. The van der Waals surface area contributed by atoms with Crippen molar-refractivity contribution in [3.05, 3.63) is 11.6 Å². The van der Waals surface area contributed by atoms with E-state index in [4.69, 9.17) is 4.74 Å². The molecule has 0 bridgehead atoms. The quantitative estimate of drug-likeness (QED) is 0.422. The first-order valence-electron chi connectivity index (χ1n) is 14.0. The molecule has 0 unspecified atom stereocenters. The van der Waals surface area contributed by atoms with Gasteiger partial charge in [-0.15, -0.1) is 0 Å². The second-order valence-electron chi connectivity index (χ2n) is 12.4. The minimum absolute atomic E-state index is 0.00414. The lowest BCUT2D eigenvalue weighted by molar-refractivity contribution is -0.184. The minimum atomic E-state index is -1.68. The Morgan fingerprint density at radius 2 is 1.89 bits per heavy atom. The highest BCUT2D eigenvalue weighted by Crippen LogP contribution is 2.67. The van der Waals surface area contributed by atoms with Crippen LogP contribution < -0.4 is 5.32 Å². The summed E-state index contributed by atoms with van der Waals surface area (Å²) in [5, 5.41) is 26.0. The normalized spacial score (nSPS) is 39.5. The van der Waals surface area contributed by atoms with Crippen molar-refractivity contribution in [1.82, 2.24) is 5.32 Å². The van der Waals surface area contributed by atoms with Gasteiger partial charge in [-0.2, -0.15) is 0 Å². The lowest BCUT2D eigenvalue weighted by Crippen LogP contribution is -2.62. The van der Waals surface area contributed by atoms with Crippen LogP contribution in [0.3, 0.4) is 0 Å². The largest absolute Gasteiger partial charge is 0.458 e. The number of hydrogen-bond acceptors (Lipinski definition) is 7. The Hall–Kier alpha value is -2.06. The van der Waals surface area contributed by atoms with E-state index in [1.807, 2.05) is 20.8 Å². The fourth-order valence-corrected chi connectivity index (χ4v) is 8.15. The van der Waals surface area contributed by atoms with Crippen LogP contribution >= 0.6 is 0 Å². The van der Waals surface area contributed by atoms with Crippen LogP contribution in [-0.2, 0) is 23.9 Å². The summed E-state index contributed by atoms with van der Waals surface area (Å²) in [6, 6.07) is 0.0239. The summed E-state index contributed by atoms with van der Waals surface area (Å²) in [6.07, 6.45) is 5.82. The molecule has 0 saturated heterocycles. The second-order valence-corrected chi connectivity index (χ2v) is 12.4. The van der Waals surface area contributed by atoms with Crippen molar-refractivity contribution in [2.24, 2.45) is 28.6 Å². The van der Waals surface area contributed by atoms with E-state index in [2.05, 4.69) is 12.2 Å². The fraction of sp³-hybridized carbons (Fsp3) is 0.793. The molecular formula is C29H43NO7. The molecule has 0 aliphatic heterocycles. The number of amides is 1. The number of carbonyl (C=O) groups is 4. The van der Waals surface area contributed by atoms with Crippen molar-refractivity contribution >= 4 is 23.4 Å². The van der Waals surface area contributed by atoms with E-state index in [0.29, 0.717) is 19.3 Å². The van der Waals surface area contributed by atoms with Crippen molar-refractivity contribution < 1.29 is 34.1 Å². The minimum Gasteiger partial charge on any atom is -0.458 e. The standard InChI is InChI=1S/C29H43NO7/c1-5-17(2)30-24(34)8-9-25(35)37-16-23(33)29(36)13-11-21-20-7-6-18-14-19(31)10-12-27(18,3)26(20)22(32)15-28(21,29)4/h14,17,20-22,26,32,36H,5-13,15-16H2,1-4H3,(H,30,34)/t17-,20-,21+,22+,26+,27-,28-,29-/m0/s1. The molecule has 3 N–H and O–H groups in total. The molecule has 8 atom stereocenters. The van der Waals surface area contributed by atoms with Crippen LogP contribution in [0, 0.1) is 28.6 Å². The predicted octanol–water partition coefficient (Wildman–Crippen LogP) is 3.03. The highest BCUT2D eigenvalue weighted by molar-refractivity contribution is 5.92. The number of ketones is 2. The van der Waals surface area contributed by atoms with Crippen molar-refractivity contribution in [3.8, 4) is 0 Å². The summed E-state index contributed by atoms with van der Waals surface area (Å²) in [5.74, 6) is -1.06. The Balaban J connectivity index is 1.41. The van der Waals surface area contributed by atoms with Gasteiger partial charge in [0.25, 0.3) is 0 Å². The molecule has 8 nitrogen and oxygen atoms in total. The Kier molecular flexibility index (Phi) is 7.75. The van der Waals surface area contributed by atoms with Crippen molar-refractivity contribution in [2.75, 3.05) is 6.61 Å². The van der Waals surface area contributed by atoms with Crippen molar-refractivity contribution in [3.63, 3.8) is 0 Å². The van der Waals surface area contributed by atoms with E-state index in [1.54, 1.807) is 6.08 Å². The zero-order valence-corrected chi connectivity index (χ0v) is 22.7. The van der Waals surface area contributed by atoms with E-state index < -0.39 is 35.5 Å². The fourth-order valence-electron chi connectivity index (χ4n) is 8.15. The summed E-state index contributed by atoms with van der Waals surface area (Å²) in [7, 11) is 0. The van der Waals surface area contributed by atoms with E-state index >= 15 is 0 Å². The number of nitrogens with one attached hydrogen (secondary N) is 1. The van der Waals surface area contributed by atoms with Crippen LogP contribution in [0.2, 0.25) is 0 Å². The molecule has 4 rings (SSSR count). The number of rotatable bonds is 8. The molecule has 4 aliphatic rings. The van der Waals surface area contributed by atoms with Gasteiger partial charge in [0.2, 0.25) is 11.7 Å². The van der Waals surface area contributed by atoms with Crippen LogP contribution in [0.15, 0.2) is 11.6 Å². The van der Waals surface area contributed by atoms with Crippen LogP contribution in [-0.4, -0.2) is 58.0 Å². The molecule has 0 radical (unpaired) electrons. The predicted molar refractivity (Wildman–Crippen MR) is 136 cm³/mol. The molecule has 0 spiro atoms. The van der Waals surface area contributed by atoms with Crippen LogP contribution in [0.1, 0.15) is 91.9 Å². The lowest BCUT2D eigenvalue weighted by Gasteiger charge is -2.60. The lowest BCUT2D eigenvalue weighted by atomic mass is 9.45. The van der Waals surface area contributed by atoms with Crippen LogP contribution in [0.25, 0.3) is 0 Å². The first kappa shape index (κ1) is 28.0. The number of Topliss-reactive ketones (excluding diaryl/α,β-unsaturated/α-hetero) is 1. The highest BCUT2D eigenvalue weighted by Gasteiger charge is 2.68. The summed E-state index contributed by atoms with van der Waals surface area (Å²) < 4.78 is 5.19. The Bertz CT molecular complexity index is 991. The van der Waals surface area contributed by atoms with Crippen molar-refractivity contribution in [1.29, 1.82) is 0 Å². The third-order valence-corrected chi connectivity index (χ3v) is 10.4. The zero-order chi connectivity index (χ0) is 27.2. The number of aliphatic hydroxyl groups excluding tert-OH is 1. The Morgan fingerprint density at radius 3 is 2.59 bits per heavy atom. The number of fused-ring (bicyclic) bond motifs is 5. The molecule has 0 aromatic rings. The number of aliphatic hydroxyl groups is 2. The van der Waals surface area contributed by atoms with Crippen LogP contribution in [0.4, 0.5) is 0 Å². The Morgan fingerprint density at radius 1 is 1.16 bits per heavy atom. The van der Waals surface area contributed by atoms with Gasteiger partial charge in [-0.1, -0.05) is 26.3 Å². The molecule has 0 aromatic heterocycles. The highest BCUT2D eigenvalue weighted by atomic mass is 16.5. The zero-order valence-electron chi connectivity index (χ0n) is 22.7. The van der Waals surface area contributed by atoms with Gasteiger partial charge in [0.15, 0.2) is 12.4 Å². The average Bonchev–Trinajstić information content (AvgIpc) is 3.12. The molecule has 37 heavy (non-hydrogen) atoms. The molecule has 0 heterocycles. The second kappa shape index (κ2) is 10.3. The molecule has 1 amide bonds. The molecule has 4 aliphatic carbocycles. The van der Waals surface area contributed by atoms with Gasteiger partial charge < -0.3 is 20.3 Å². The maximum Gasteiger partial charge on any atom is 0.306 e. The number of ether oxygens (including phenoxy) is 1. The summed E-state index contributed by atoms with van der Waals surface area (Å²) in [6.45, 7) is 7.37. The van der Waals surface area contributed by atoms with E-state index in [0.717, 1.165) is 31.3 Å². The van der Waals surface area contributed by atoms with E-state index in [9.17, 15) is 29.4 Å². The average molecular weight is 518 g/mol.